The van der Waals surface area contributed by atoms with Crippen LogP contribution in [0.25, 0.3) is 11.5 Å². The number of nitrogens with one attached hydrogen (secondary N) is 1. The van der Waals surface area contributed by atoms with Crippen LogP contribution in [0, 0.1) is 0 Å². The van der Waals surface area contributed by atoms with Gasteiger partial charge in [0.25, 0.3) is 0 Å². The first-order valence-corrected chi connectivity index (χ1v) is 6.69. The Kier molecular flexibility index (Phi) is 5.05. The Morgan fingerprint density at radius 3 is 2.29 bits per heavy atom. The van der Waals surface area contributed by atoms with E-state index in [1.807, 2.05) is 19.1 Å². The second-order valence-electron chi connectivity index (χ2n) is 4.34. The summed E-state index contributed by atoms with van der Waals surface area (Å²) in [6.07, 6.45) is 1.64. The van der Waals surface area contributed by atoms with Crippen molar-refractivity contribution >= 4 is 0 Å². The first kappa shape index (κ1) is 15.2. The number of methoxy groups -OCH3 is 3. The van der Waals surface area contributed by atoms with Gasteiger partial charge in [0, 0.05) is 12.1 Å². The van der Waals surface area contributed by atoms with Gasteiger partial charge in [0.1, 0.15) is 6.26 Å². The van der Waals surface area contributed by atoms with E-state index in [2.05, 4.69) is 10.3 Å². The van der Waals surface area contributed by atoms with Crippen LogP contribution in [-0.4, -0.2) is 32.9 Å². The number of oxazole rings is 1. The van der Waals surface area contributed by atoms with E-state index in [9.17, 15) is 0 Å². The van der Waals surface area contributed by atoms with Gasteiger partial charge in [0.2, 0.25) is 11.6 Å². The van der Waals surface area contributed by atoms with Crippen molar-refractivity contribution in [2.75, 3.05) is 27.9 Å². The van der Waals surface area contributed by atoms with E-state index >= 15 is 0 Å². The quantitative estimate of drug-likeness (QED) is 0.845. The normalized spacial score (nSPS) is 10.5. The highest BCUT2D eigenvalue weighted by Gasteiger charge is 2.16. The minimum absolute atomic E-state index is 0.516. The Bertz CT molecular complexity index is 570. The predicted molar refractivity (Wildman–Crippen MR) is 79.0 cm³/mol. The van der Waals surface area contributed by atoms with E-state index in [0.717, 1.165) is 17.8 Å². The maximum absolute atomic E-state index is 5.52. The molecule has 1 N–H and O–H groups in total. The molecular weight excluding hydrogens is 272 g/mol. The number of hydrogen-bond donors (Lipinski definition) is 1. The Morgan fingerprint density at radius 2 is 1.76 bits per heavy atom. The van der Waals surface area contributed by atoms with E-state index < -0.39 is 0 Å². The number of aromatic nitrogens is 1. The van der Waals surface area contributed by atoms with Gasteiger partial charge in [-0.15, -0.1) is 0 Å². The summed E-state index contributed by atoms with van der Waals surface area (Å²) in [4.78, 5) is 4.44. The zero-order valence-electron chi connectivity index (χ0n) is 12.7. The van der Waals surface area contributed by atoms with Gasteiger partial charge < -0.3 is 23.9 Å². The molecule has 6 nitrogen and oxygen atoms in total. The maximum atomic E-state index is 5.52. The molecule has 0 unspecified atom stereocenters. The van der Waals surface area contributed by atoms with E-state index in [0.29, 0.717) is 29.7 Å². The third kappa shape index (κ3) is 3.28. The van der Waals surface area contributed by atoms with Gasteiger partial charge in [-0.1, -0.05) is 6.92 Å². The van der Waals surface area contributed by atoms with Gasteiger partial charge in [-0.2, -0.15) is 0 Å². The van der Waals surface area contributed by atoms with Gasteiger partial charge >= 0.3 is 0 Å². The molecule has 2 aromatic rings. The molecule has 0 bridgehead atoms. The molecule has 6 heteroatoms. The van der Waals surface area contributed by atoms with Crippen LogP contribution in [0.3, 0.4) is 0 Å². The topological polar surface area (TPSA) is 65.8 Å². The summed E-state index contributed by atoms with van der Waals surface area (Å²) < 4.78 is 21.5. The van der Waals surface area contributed by atoms with Crippen molar-refractivity contribution < 1.29 is 18.6 Å². The fraction of sp³-hybridized carbons (Fsp3) is 0.400. The van der Waals surface area contributed by atoms with Gasteiger partial charge in [-0.3, -0.25) is 0 Å². The van der Waals surface area contributed by atoms with Crippen molar-refractivity contribution in [3.8, 4) is 28.7 Å². The van der Waals surface area contributed by atoms with E-state index in [1.165, 1.54) is 0 Å². The molecule has 1 aromatic heterocycles. The summed E-state index contributed by atoms with van der Waals surface area (Å²) in [7, 11) is 4.72. The maximum Gasteiger partial charge on any atom is 0.226 e. The van der Waals surface area contributed by atoms with Crippen LogP contribution >= 0.6 is 0 Å². The lowest BCUT2D eigenvalue weighted by Crippen LogP contribution is -2.11. The standard InChI is InChI=1S/C15H20N2O4/c1-5-16-8-11-9-21-15(17-11)10-6-12(18-2)14(20-4)13(7-10)19-3/h6-7,9,16H,5,8H2,1-4H3. The smallest absolute Gasteiger partial charge is 0.226 e. The zero-order chi connectivity index (χ0) is 15.2. The average Bonchev–Trinajstić information content (AvgIpc) is 3.00. The number of benzene rings is 1. The summed E-state index contributed by atoms with van der Waals surface area (Å²) in [5.74, 6) is 2.20. The van der Waals surface area contributed by atoms with Crippen molar-refractivity contribution in [2.45, 2.75) is 13.5 Å². The Labute approximate surface area is 124 Å². The Morgan fingerprint density at radius 1 is 1.10 bits per heavy atom. The van der Waals surface area contributed by atoms with Crippen molar-refractivity contribution in [3.63, 3.8) is 0 Å². The summed E-state index contributed by atoms with van der Waals surface area (Å²) in [5, 5.41) is 3.20. The predicted octanol–water partition coefficient (Wildman–Crippen LogP) is 2.48. The van der Waals surface area contributed by atoms with Gasteiger partial charge in [0.15, 0.2) is 11.5 Å². The molecule has 0 fully saturated rings. The van der Waals surface area contributed by atoms with Crippen LogP contribution in [0.4, 0.5) is 0 Å². The molecule has 21 heavy (non-hydrogen) atoms. The van der Waals surface area contributed by atoms with E-state index in [1.54, 1.807) is 27.6 Å². The Balaban J connectivity index is 2.37. The third-order valence-electron chi connectivity index (χ3n) is 3.02. The third-order valence-corrected chi connectivity index (χ3v) is 3.02. The Hall–Kier alpha value is -2.21. The van der Waals surface area contributed by atoms with Crippen LogP contribution in [0.5, 0.6) is 17.2 Å². The zero-order valence-corrected chi connectivity index (χ0v) is 12.7. The average molecular weight is 292 g/mol. The lowest BCUT2D eigenvalue weighted by atomic mass is 10.2. The molecule has 1 aromatic carbocycles. The van der Waals surface area contributed by atoms with E-state index in [4.69, 9.17) is 18.6 Å². The van der Waals surface area contributed by atoms with Crippen LogP contribution in [-0.2, 0) is 6.54 Å². The number of nitrogens with zero attached hydrogens (tertiary/aromatic N) is 1. The van der Waals surface area contributed by atoms with E-state index in [-0.39, 0.29) is 0 Å². The molecule has 0 radical (unpaired) electrons. The van der Waals surface area contributed by atoms with Crippen molar-refractivity contribution in [1.82, 2.24) is 10.3 Å². The molecule has 0 aliphatic carbocycles. The highest BCUT2D eigenvalue weighted by atomic mass is 16.5. The monoisotopic (exact) mass is 292 g/mol. The summed E-state index contributed by atoms with van der Waals surface area (Å²) in [6, 6.07) is 3.62. The second kappa shape index (κ2) is 6.99. The molecule has 1 heterocycles. The molecule has 0 aliphatic rings. The minimum Gasteiger partial charge on any atom is -0.493 e. The first-order chi connectivity index (χ1) is 10.2. The van der Waals surface area contributed by atoms with Gasteiger partial charge in [-0.25, -0.2) is 4.98 Å². The molecule has 0 spiro atoms. The molecule has 0 saturated heterocycles. The highest BCUT2D eigenvalue weighted by Crippen LogP contribution is 2.40. The highest BCUT2D eigenvalue weighted by molar-refractivity contribution is 5.65. The molecule has 0 atom stereocenters. The van der Waals surface area contributed by atoms with Crippen LogP contribution in [0.1, 0.15) is 12.6 Å². The van der Waals surface area contributed by atoms with Gasteiger partial charge in [-0.05, 0) is 18.7 Å². The minimum atomic E-state index is 0.516. The largest absolute Gasteiger partial charge is 0.493 e. The molecule has 2 rings (SSSR count). The van der Waals surface area contributed by atoms with Crippen LogP contribution in [0.15, 0.2) is 22.8 Å². The second-order valence-corrected chi connectivity index (χ2v) is 4.34. The molecule has 114 valence electrons. The first-order valence-electron chi connectivity index (χ1n) is 6.69. The number of rotatable bonds is 7. The number of ether oxygens (including phenoxy) is 3. The van der Waals surface area contributed by atoms with Crippen LogP contribution < -0.4 is 19.5 Å². The molecule has 0 amide bonds. The lowest BCUT2D eigenvalue weighted by Gasteiger charge is -2.12. The molecule has 0 saturated carbocycles. The SMILES string of the molecule is CCNCc1coc(-c2cc(OC)c(OC)c(OC)c2)n1. The number of hydrogen-bond acceptors (Lipinski definition) is 6. The fourth-order valence-corrected chi connectivity index (χ4v) is 1.98. The van der Waals surface area contributed by atoms with Crippen molar-refractivity contribution in [3.05, 3.63) is 24.1 Å². The summed E-state index contributed by atoms with van der Waals surface area (Å²) in [6.45, 7) is 3.59. The molecule has 0 aliphatic heterocycles. The lowest BCUT2D eigenvalue weighted by molar-refractivity contribution is 0.324. The summed E-state index contributed by atoms with van der Waals surface area (Å²) >= 11 is 0. The summed E-state index contributed by atoms with van der Waals surface area (Å²) in [5.41, 5.74) is 1.62. The van der Waals surface area contributed by atoms with Crippen molar-refractivity contribution in [2.24, 2.45) is 0 Å². The van der Waals surface area contributed by atoms with Gasteiger partial charge in [0.05, 0.1) is 27.0 Å². The fourth-order valence-electron chi connectivity index (χ4n) is 1.98. The van der Waals surface area contributed by atoms with Crippen LogP contribution in [0.2, 0.25) is 0 Å². The van der Waals surface area contributed by atoms with Crippen molar-refractivity contribution in [1.29, 1.82) is 0 Å². The molecular formula is C15H20N2O4.